The maximum absolute atomic E-state index is 12.0. The van der Waals surface area contributed by atoms with E-state index in [1.165, 1.54) is 25.3 Å². The third kappa shape index (κ3) is 4.20. The molecular formula is C15H19ClO4S. The summed E-state index contributed by atoms with van der Waals surface area (Å²) < 4.78 is 28.3. The number of rotatable bonds is 6. The minimum atomic E-state index is -3.87. The maximum atomic E-state index is 12.0. The molecule has 0 aliphatic heterocycles. The van der Waals surface area contributed by atoms with Crippen molar-refractivity contribution in [3.05, 3.63) is 29.3 Å². The van der Waals surface area contributed by atoms with Gasteiger partial charge in [0.05, 0.1) is 17.1 Å². The highest BCUT2D eigenvalue weighted by molar-refractivity contribution is 8.13. The lowest BCUT2D eigenvalue weighted by Gasteiger charge is -2.24. The molecule has 0 bridgehead atoms. The lowest BCUT2D eigenvalue weighted by Crippen LogP contribution is -2.15. The van der Waals surface area contributed by atoms with Crippen LogP contribution in [0.25, 0.3) is 0 Å². The van der Waals surface area contributed by atoms with Crippen LogP contribution in [0.2, 0.25) is 0 Å². The van der Waals surface area contributed by atoms with Crippen molar-refractivity contribution in [3.63, 3.8) is 0 Å². The van der Waals surface area contributed by atoms with Gasteiger partial charge in [-0.05, 0) is 36.5 Å². The molecule has 2 rings (SSSR count). The second kappa shape index (κ2) is 6.79. The maximum Gasteiger partial charge on any atom is 0.338 e. The molecule has 6 heteroatoms. The average molecular weight is 331 g/mol. The molecule has 0 radical (unpaired) electrons. The van der Waals surface area contributed by atoms with E-state index >= 15 is 0 Å². The van der Waals surface area contributed by atoms with Crippen molar-refractivity contribution in [1.29, 1.82) is 0 Å². The Kier molecular flexibility index (Phi) is 5.27. The number of halogens is 1. The van der Waals surface area contributed by atoms with E-state index in [2.05, 4.69) is 0 Å². The van der Waals surface area contributed by atoms with E-state index in [9.17, 15) is 13.2 Å². The van der Waals surface area contributed by atoms with Crippen molar-refractivity contribution in [2.24, 2.45) is 5.92 Å². The highest BCUT2D eigenvalue weighted by Gasteiger charge is 2.20. The van der Waals surface area contributed by atoms with Gasteiger partial charge < -0.3 is 4.74 Å². The number of ether oxygens (including phenoxy) is 1. The summed E-state index contributed by atoms with van der Waals surface area (Å²) in [6.07, 6.45) is 5.07. The largest absolute Gasteiger partial charge is 0.462 e. The minimum absolute atomic E-state index is 0.0138. The van der Waals surface area contributed by atoms with Gasteiger partial charge in [-0.25, -0.2) is 13.2 Å². The first kappa shape index (κ1) is 16.3. The fraction of sp³-hybridized carbons (Fsp3) is 0.533. The molecule has 1 aliphatic rings. The van der Waals surface area contributed by atoms with Gasteiger partial charge in [-0.2, -0.15) is 0 Å². The molecule has 116 valence electrons. The summed E-state index contributed by atoms with van der Waals surface area (Å²) in [6.45, 7) is 2.21. The Labute approximate surface area is 129 Å². The molecule has 0 atom stereocenters. The SMILES string of the molecule is CCc1ccc(C(=O)OCCC2CCC2)cc1S(=O)(=O)Cl. The van der Waals surface area contributed by atoms with Crippen molar-refractivity contribution in [2.75, 3.05) is 6.61 Å². The highest BCUT2D eigenvalue weighted by Crippen LogP contribution is 2.29. The molecular weight excluding hydrogens is 312 g/mol. The zero-order valence-electron chi connectivity index (χ0n) is 12.0. The molecule has 1 saturated carbocycles. The number of aryl methyl sites for hydroxylation is 1. The van der Waals surface area contributed by atoms with Crippen molar-refractivity contribution >= 4 is 25.7 Å². The Morgan fingerprint density at radius 1 is 1.38 bits per heavy atom. The van der Waals surface area contributed by atoms with Crippen LogP contribution < -0.4 is 0 Å². The Hall–Kier alpha value is -1.07. The molecule has 0 amide bonds. The Balaban J connectivity index is 2.06. The molecule has 1 fully saturated rings. The topological polar surface area (TPSA) is 60.4 Å². The summed E-state index contributed by atoms with van der Waals surface area (Å²) in [6, 6.07) is 4.49. The van der Waals surface area contributed by atoms with E-state index < -0.39 is 15.0 Å². The van der Waals surface area contributed by atoms with E-state index in [4.69, 9.17) is 15.4 Å². The average Bonchev–Trinajstić information content (AvgIpc) is 2.39. The summed E-state index contributed by atoms with van der Waals surface area (Å²) in [5.74, 6) is 0.164. The molecule has 0 aromatic heterocycles. The normalized spacial score (nSPS) is 15.5. The lowest BCUT2D eigenvalue weighted by atomic mass is 9.83. The van der Waals surface area contributed by atoms with Crippen LogP contribution in [0.15, 0.2) is 23.1 Å². The number of carbonyl (C=O) groups is 1. The van der Waals surface area contributed by atoms with Crippen LogP contribution >= 0.6 is 10.7 Å². The summed E-state index contributed by atoms with van der Waals surface area (Å²) >= 11 is 0. The number of benzene rings is 1. The number of carbonyl (C=O) groups excluding carboxylic acids is 1. The van der Waals surface area contributed by atoms with Gasteiger partial charge in [0.1, 0.15) is 0 Å². The molecule has 0 N–H and O–H groups in total. The molecule has 0 spiro atoms. The van der Waals surface area contributed by atoms with Crippen LogP contribution in [0.3, 0.4) is 0 Å². The van der Waals surface area contributed by atoms with E-state index in [1.54, 1.807) is 12.1 Å². The summed E-state index contributed by atoms with van der Waals surface area (Å²) in [7, 11) is 1.55. The molecule has 1 aromatic carbocycles. The highest BCUT2D eigenvalue weighted by atomic mass is 35.7. The molecule has 1 aliphatic carbocycles. The molecule has 1 aromatic rings. The van der Waals surface area contributed by atoms with Crippen LogP contribution in [0.4, 0.5) is 0 Å². The van der Waals surface area contributed by atoms with Crippen molar-refractivity contribution in [1.82, 2.24) is 0 Å². The van der Waals surface area contributed by atoms with Crippen molar-refractivity contribution < 1.29 is 17.9 Å². The first-order chi connectivity index (χ1) is 9.91. The van der Waals surface area contributed by atoms with Crippen LogP contribution in [-0.2, 0) is 20.2 Å². The van der Waals surface area contributed by atoms with Gasteiger partial charge in [0.2, 0.25) is 0 Å². The second-order valence-corrected chi connectivity index (χ2v) is 7.87. The van der Waals surface area contributed by atoms with E-state index in [1.807, 2.05) is 6.92 Å². The molecule has 21 heavy (non-hydrogen) atoms. The zero-order valence-corrected chi connectivity index (χ0v) is 13.5. The molecule has 0 saturated heterocycles. The Morgan fingerprint density at radius 3 is 2.62 bits per heavy atom. The third-order valence-electron chi connectivity index (χ3n) is 3.93. The quantitative estimate of drug-likeness (QED) is 0.591. The van der Waals surface area contributed by atoms with Gasteiger partial charge >= 0.3 is 5.97 Å². The van der Waals surface area contributed by atoms with Gasteiger partial charge in [0, 0.05) is 10.7 Å². The zero-order chi connectivity index (χ0) is 15.5. The smallest absolute Gasteiger partial charge is 0.338 e. The van der Waals surface area contributed by atoms with Crippen LogP contribution in [0.5, 0.6) is 0 Å². The van der Waals surface area contributed by atoms with E-state index in [-0.39, 0.29) is 10.5 Å². The number of hydrogen-bond acceptors (Lipinski definition) is 4. The van der Waals surface area contributed by atoms with Gasteiger partial charge in [0.15, 0.2) is 0 Å². The minimum Gasteiger partial charge on any atom is -0.462 e. The predicted octanol–water partition coefficient (Wildman–Crippen LogP) is 3.52. The summed E-state index contributed by atoms with van der Waals surface area (Å²) in [5.41, 5.74) is 0.816. The van der Waals surface area contributed by atoms with Gasteiger partial charge in [-0.1, -0.05) is 32.3 Å². The number of hydrogen-bond donors (Lipinski definition) is 0. The Bertz CT molecular complexity index is 621. The van der Waals surface area contributed by atoms with Crippen LogP contribution in [0, 0.1) is 5.92 Å². The van der Waals surface area contributed by atoms with Gasteiger partial charge in [0.25, 0.3) is 9.05 Å². The Morgan fingerprint density at radius 2 is 2.10 bits per heavy atom. The summed E-state index contributed by atoms with van der Waals surface area (Å²) in [4.78, 5) is 11.9. The molecule has 4 nitrogen and oxygen atoms in total. The summed E-state index contributed by atoms with van der Waals surface area (Å²) in [5, 5.41) is 0. The van der Waals surface area contributed by atoms with Crippen molar-refractivity contribution in [3.8, 4) is 0 Å². The van der Waals surface area contributed by atoms with E-state index in [0.717, 1.165) is 6.42 Å². The monoisotopic (exact) mass is 330 g/mol. The molecule has 0 heterocycles. The van der Waals surface area contributed by atoms with Gasteiger partial charge in [-0.15, -0.1) is 0 Å². The fourth-order valence-electron chi connectivity index (χ4n) is 2.38. The van der Waals surface area contributed by atoms with Crippen LogP contribution in [0.1, 0.15) is 48.5 Å². The standard InChI is InChI=1S/C15H19ClO4S/c1-2-12-6-7-13(10-14(12)21(16,18)19)15(17)20-9-8-11-4-3-5-11/h6-7,10-11H,2-5,8-9H2,1H3. The van der Waals surface area contributed by atoms with Gasteiger partial charge in [-0.3, -0.25) is 0 Å². The van der Waals surface area contributed by atoms with Crippen molar-refractivity contribution in [2.45, 2.75) is 43.9 Å². The van der Waals surface area contributed by atoms with Crippen LogP contribution in [-0.4, -0.2) is 21.0 Å². The number of esters is 1. The second-order valence-electron chi connectivity index (χ2n) is 5.34. The predicted molar refractivity (Wildman–Crippen MR) is 81.1 cm³/mol. The fourth-order valence-corrected chi connectivity index (χ4v) is 3.61. The first-order valence-electron chi connectivity index (χ1n) is 7.16. The first-order valence-corrected chi connectivity index (χ1v) is 9.47. The third-order valence-corrected chi connectivity index (χ3v) is 5.33. The lowest BCUT2D eigenvalue weighted by molar-refractivity contribution is 0.0464. The molecule has 0 unspecified atom stereocenters. The van der Waals surface area contributed by atoms with E-state index in [0.29, 0.717) is 24.5 Å².